The molecule has 0 radical (unpaired) electrons. The van der Waals surface area contributed by atoms with Gasteiger partial charge in [0.05, 0.1) is 5.54 Å². The molecule has 0 bridgehead atoms. The topological polar surface area (TPSA) is 75.3 Å². The number of amides is 1. The molecule has 3 unspecified atom stereocenters. The molecular weight excluding hydrogens is 236 g/mol. The summed E-state index contributed by atoms with van der Waals surface area (Å²) in [7, 11) is 0. The van der Waals surface area contributed by atoms with Crippen LogP contribution >= 0.6 is 11.8 Å². The van der Waals surface area contributed by atoms with Crippen molar-refractivity contribution in [3.8, 4) is 0 Å². The van der Waals surface area contributed by atoms with E-state index in [9.17, 15) is 4.79 Å². The van der Waals surface area contributed by atoms with Gasteiger partial charge in [-0.25, -0.2) is 0 Å². The summed E-state index contributed by atoms with van der Waals surface area (Å²) in [4.78, 5) is 11.5. The minimum absolute atomic E-state index is 0.210. The van der Waals surface area contributed by atoms with Crippen molar-refractivity contribution >= 4 is 17.7 Å². The number of aliphatic hydroxyl groups is 1. The molecule has 102 valence electrons. The van der Waals surface area contributed by atoms with Crippen molar-refractivity contribution in [1.29, 1.82) is 0 Å². The Kier molecular flexibility index (Phi) is 7.83. The number of hydrogen-bond donors (Lipinski definition) is 3. The lowest BCUT2D eigenvalue weighted by Crippen LogP contribution is -2.54. The van der Waals surface area contributed by atoms with E-state index in [0.29, 0.717) is 16.9 Å². The molecule has 0 spiro atoms. The van der Waals surface area contributed by atoms with Gasteiger partial charge in [0.2, 0.25) is 5.91 Å². The largest absolute Gasteiger partial charge is 0.396 e. The fourth-order valence-corrected chi connectivity index (χ4v) is 3.38. The second kappa shape index (κ2) is 7.95. The van der Waals surface area contributed by atoms with Gasteiger partial charge in [0.15, 0.2) is 0 Å². The van der Waals surface area contributed by atoms with Crippen molar-refractivity contribution < 1.29 is 9.90 Å². The summed E-state index contributed by atoms with van der Waals surface area (Å²) < 4.78 is 0. The van der Waals surface area contributed by atoms with E-state index in [1.54, 1.807) is 11.8 Å². The van der Waals surface area contributed by atoms with Gasteiger partial charge < -0.3 is 16.2 Å². The van der Waals surface area contributed by atoms with E-state index in [-0.39, 0.29) is 12.5 Å². The van der Waals surface area contributed by atoms with Crippen LogP contribution in [0.25, 0.3) is 0 Å². The lowest BCUT2D eigenvalue weighted by molar-refractivity contribution is -0.124. The highest BCUT2D eigenvalue weighted by Gasteiger charge is 2.32. The number of carbonyl (C=O) groups excluding carboxylic acids is 1. The Balaban J connectivity index is 4.31. The van der Waals surface area contributed by atoms with Gasteiger partial charge in [0.25, 0.3) is 0 Å². The van der Waals surface area contributed by atoms with E-state index < -0.39 is 5.54 Å². The van der Waals surface area contributed by atoms with Gasteiger partial charge in [-0.2, -0.15) is 11.8 Å². The summed E-state index contributed by atoms with van der Waals surface area (Å²) in [6.45, 7) is 8.94. The second-order valence-corrected chi connectivity index (χ2v) is 6.58. The Hall–Kier alpha value is -0.260. The highest BCUT2D eigenvalue weighted by molar-refractivity contribution is 8.00. The van der Waals surface area contributed by atoms with Crippen LogP contribution in [0.15, 0.2) is 0 Å². The van der Waals surface area contributed by atoms with Gasteiger partial charge in [-0.15, -0.1) is 0 Å². The molecule has 0 saturated heterocycles. The summed E-state index contributed by atoms with van der Waals surface area (Å²) in [6, 6.07) is 0. The fraction of sp³-hybridized carbons (Fsp3) is 0.917. The highest BCUT2D eigenvalue weighted by atomic mass is 32.2. The fourth-order valence-electron chi connectivity index (χ4n) is 1.92. The van der Waals surface area contributed by atoms with Crippen LogP contribution in [0.4, 0.5) is 0 Å². The Morgan fingerprint density at radius 1 is 1.47 bits per heavy atom. The van der Waals surface area contributed by atoms with Crippen LogP contribution in [0.1, 0.15) is 40.5 Å². The average molecular weight is 262 g/mol. The van der Waals surface area contributed by atoms with Crippen molar-refractivity contribution in [2.24, 2.45) is 5.73 Å². The van der Waals surface area contributed by atoms with E-state index in [4.69, 9.17) is 10.8 Å². The highest BCUT2D eigenvalue weighted by Crippen LogP contribution is 2.26. The minimum Gasteiger partial charge on any atom is -0.396 e. The molecule has 1 amide bonds. The van der Waals surface area contributed by atoms with Crippen molar-refractivity contribution in [2.45, 2.75) is 56.6 Å². The van der Waals surface area contributed by atoms with Crippen molar-refractivity contribution in [3.05, 3.63) is 0 Å². The van der Waals surface area contributed by atoms with Gasteiger partial charge in [-0.3, -0.25) is 4.79 Å². The first-order valence-electron chi connectivity index (χ1n) is 6.17. The molecule has 4 N–H and O–H groups in total. The third-order valence-electron chi connectivity index (χ3n) is 2.81. The maximum Gasteiger partial charge on any atom is 0.237 e. The number of hydrogen-bond acceptors (Lipinski definition) is 4. The number of aliphatic hydroxyl groups excluding tert-OH is 1. The molecule has 3 atom stereocenters. The number of carbonyl (C=O) groups is 1. The lowest BCUT2D eigenvalue weighted by Gasteiger charge is -2.30. The number of thioether (sulfide) groups is 1. The van der Waals surface area contributed by atoms with Gasteiger partial charge >= 0.3 is 0 Å². The number of nitrogens with one attached hydrogen (secondary N) is 1. The van der Waals surface area contributed by atoms with E-state index in [0.717, 1.165) is 13.0 Å². The van der Waals surface area contributed by atoms with Crippen LogP contribution in [0.2, 0.25) is 0 Å². The molecule has 0 aromatic heterocycles. The van der Waals surface area contributed by atoms with Crippen LogP contribution in [0.5, 0.6) is 0 Å². The van der Waals surface area contributed by atoms with Crippen LogP contribution in [0.3, 0.4) is 0 Å². The maximum absolute atomic E-state index is 11.5. The Morgan fingerprint density at radius 2 is 2.06 bits per heavy atom. The lowest BCUT2D eigenvalue weighted by atomic mass is 9.95. The zero-order chi connectivity index (χ0) is 13.5. The zero-order valence-electron chi connectivity index (χ0n) is 11.3. The molecule has 0 aliphatic rings. The van der Waals surface area contributed by atoms with E-state index in [1.165, 1.54) is 0 Å². The third-order valence-corrected chi connectivity index (χ3v) is 4.14. The van der Waals surface area contributed by atoms with Crippen LogP contribution < -0.4 is 11.1 Å². The first kappa shape index (κ1) is 16.7. The minimum atomic E-state index is -0.639. The average Bonchev–Trinajstić information content (AvgIpc) is 2.17. The summed E-state index contributed by atoms with van der Waals surface area (Å²) in [6.07, 6.45) is 1.49. The Morgan fingerprint density at radius 3 is 2.47 bits per heavy atom. The zero-order valence-corrected chi connectivity index (χ0v) is 12.1. The summed E-state index contributed by atoms with van der Waals surface area (Å²) in [5.41, 5.74) is 4.81. The van der Waals surface area contributed by atoms with Crippen molar-refractivity contribution in [2.75, 3.05) is 13.2 Å². The van der Waals surface area contributed by atoms with Gasteiger partial charge in [0, 0.05) is 17.1 Å². The predicted molar refractivity (Wildman–Crippen MR) is 74.1 cm³/mol. The quantitative estimate of drug-likeness (QED) is 0.582. The third kappa shape index (κ3) is 6.29. The number of primary amides is 1. The molecule has 0 fully saturated rings. The molecule has 0 saturated carbocycles. The van der Waals surface area contributed by atoms with Gasteiger partial charge in [-0.1, -0.05) is 20.8 Å². The number of rotatable bonds is 9. The Labute approximate surface area is 109 Å². The first-order valence-corrected chi connectivity index (χ1v) is 7.11. The van der Waals surface area contributed by atoms with Gasteiger partial charge in [0.1, 0.15) is 0 Å². The molecule has 5 heteroatoms. The van der Waals surface area contributed by atoms with Crippen molar-refractivity contribution in [3.63, 3.8) is 0 Å². The number of nitrogens with two attached hydrogens (primary N) is 1. The number of likely N-dealkylation sites (N-methyl/N-ethyl adjacent to an activating group) is 1. The maximum atomic E-state index is 11.5. The normalized spacial score (nSPS) is 18.4. The summed E-state index contributed by atoms with van der Waals surface area (Å²) in [5.74, 6) is -0.304. The second-order valence-electron chi connectivity index (χ2n) is 4.70. The monoisotopic (exact) mass is 262 g/mol. The molecule has 0 aromatic carbocycles. The molecule has 0 aromatic rings. The molecule has 0 rings (SSSR count). The molecule has 4 nitrogen and oxygen atoms in total. The predicted octanol–water partition coefficient (Wildman–Crippen LogP) is 1.12. The standard InChI is InChI=1S/C12H26N2O2S/c1-5-14-12(4,11(13)16)8-10(3)17-9(2)6-7-15/h9-10,14-15H,5-8H2,1-4H3,(H2,13,16). The van der Waals surface area contributed by atoms with E-state index in [2.05, 4.69) is 19.2 Å². The Bertz CT molecular complexity index is 239. The van der Waals surface area contributed by atoms with Crippen LogP contribution in [-0.4, -0.2) is 40.2 Å². The molecule has 0 heterocycles. The van der Waals surface area contributed by atoms with Crippen LogP contribution in [0, 0.1) is 0 Å². The molecule has 17 heavy (non-hydrogen) atoms. The SMILES string of the molecule is CCNC(C)(CC(C)SC(C)CCO)C(N)=O. The van der Waals surface area contributed by atoms with Crippen LogP contribution in [-0.2, 0) is 4.79 Å². The van der Waals surface area contributed by atoms with E-state index >= 15 is 0 Å². The van der Waals surface area contributed by atoms with Gasteiger partial charge in [-0.05, 0) is 26.3 Å². The van der Waals surface area contributed by atoms with Crippen molar-refractivity contribution in [1.82, 2.24) is 5.32 Å². The molecular formula is C12H26N2O2S. The molecule has 0 aliphatic heterocycles. The molecule has 0 aliphatic carbocycles. The van der Waals surface area contributed by atoms with E-state index in [1.807, 2.05) is 13.8 Å². The summed E-state index contributed by atoms with van der Waals surface area (Å²) >= 11 is 1.79. The summed E-state index contributed by atoms with van der Waals surface area (Å²) in [5, 5.41) is 12.7. The smallest absolute Gasteiger partial charge is 0.237 e. The first-order chi connectivity index (χ1) is 7.85.